The van der Waals surface area contributed by atoms with Crippen LogP contribution in [0.4, 0.5) is 0 Å². The van der Waals surface area contributed by atoms with Crippen LogP contribution < -0.4 is 0 Å². The predicted octanol–water partition coefficient (Wildman–Crippen LogP) is 1.20. The van der Waals surface area contributed by atoms with Crippen LogP contribution in [0.15, 0.2) is 0 Å². The molecule has 0 spiro atoms. The molecule has 1 aliphatic heterocycles. The van der Waals surface area contributed by atoms with Gasteiger partial charge >= 0.3 is 0 Å². The van der Waals surface area contributed by atoms with Gasteiger partial charge in [0, 0.05) is 30.2 Å². The monoisotopic (exact) mass is 253 g/mol. The average molecular weight is 254 g/mol. The Morgan fingerprint density at radius 2 is 1.93 bits per heavy atom. The Morgan fingerprint density at radius 3 is 2.40 bits per heavy atom. The highest BCUT2D eigenvalue weighted by molar-refractivity contribution is 8.13. The van der Waals surface area contributed by atoms with E-state index in [-0.39, 0.29) is 18.1 Å². The zero-order chi connectivity index (χ0) is 11.5. The fraction of sp³-hybridized carbons (Fsp3) is 0.889. The summed E-state index contributed by atoms with van der Waals surface area (Å²) in [7, 11) is 1.50. The standard InChI is InChI=1S/C9H16ClNO3S/c1-8-2-5-11(6-3-8)9(12)4-7-15(10,13)14/h8H,2-7H2,1H3. The van der Waals surface area contributed by atoms with Crippen molar-refractivity contribution in [2.75, 3.05) is 18.8 Å². The maximum Gasteiger partial charge on any atom is 0.233 e. The molecule has 0 bridgehead atoms. The van der Waals surface area contributed by atoms with Gasteiger partial charge < -0.3 is 4.90 Å². The number of hydrogen-bond donors (Lipinski definition) is 0. The van der Waals surface area contributed by atoms with E-state index >= 15 is 0 Å². The smallest absolute Gasteiger partial charge is 0.233 e. The first-order chi connectivity index (χ1) is 6.88. The summed E-state index contributed by atoms with van der Waals surface area (Å²) in [4.78, 5) is 13.3. The lowest BCUT2D eigenvalue weighted by molar-refractivity contribution is -0.132. The second-order valence-electron chi connectivity index (χ2n) is 4.06. The third-order valence-electron chi connectivity index (χ3n) is 2.70. The van der Waals surface area contributed by atoms with Crippen molar-refractivity contribution in [3.63, 3.8) is 0 Å². The Bertz CT molecular complexity index is 320. The first kappa shape index (κ1) is 12.8. The van der Waals surface area contributed by atoms with E-state index in [9.17, 15) is 13.2 Å². The van der Waals surface area contributed by atoms with Crippen LogP contribution in [-0.4, -0.2) is 38.1 Å². The molecule has 0 aromatic heterocycles. The molecule has 0 aromatic rings. The fourth-order valence-electron chi connectivity index (χ4n) is 1.63. The van der Waals surface area contributed by atoms with Crippen molar-refractivity contribution in [3.8, 4) is 0 Å². The van der Waals surface area contributed by atoms with Crippen molar-refractivity contribution >= 4 is 25.6 Å². The Morgan fingerprint density at radius 1 is 1.40 bits per heavy atom. The quantitative estimate of drug-likeness (QED) is 0.711. The third-order valence-corrected chi connectivity index (χ3v) is 3.85. The molecule has 0 aromatic carbocycles. The largest absolute Gasteiger partial charge is 0.343 e. The molecule has 0 aliphatic carbocycles. The van der Waals surface area contributed by atoms with Crippen LogP contribution in [-0.2, 0) is 13.8 Å². The maximum atomic E-state index is 11.6. The molecule has 15 heavy (non-hydrogen) atoms. The number of piperidine rings is 1. The third kappa shape index (κ3) is 4.84. The Kier molecular flexibility index (Phi) is 4.40. The van der Waals surface area contributed by atoms with Crippen LogP contribution in [0, 0.1) is 5.92 Å². The molecule has 1 heterocycles. The van der Waals surface area contributed by atoms with Crippen LogP contribution in [0.25, 0.3) is 0 Å². The van der Waals surface area contributed by atoms with Crippen molar-refractivity contribution in [3.05, 3.63) is 0 Å². The molecule has 0 atom stereocenters. The summed E-state index contributed by atoms with van der Waals surface area (Å²) < 4.78 is 21.3. The molecule has 0 N–H and O–H groups in total. The minimum atomic E-state index is -3.54. The van der Waals surface area contributed by atoms with Gasteiger partial charge in [-0.15, -0.1) is 0 Å². The molecule has 6 heteroatoms. The number of likely N-dealkylation sites (tertiary alicyclic amines) is 1. The molecule has 1 aliphatic rings. The van der Waals surface area contributed by atoms with Gasteiger partial charge in [0.15, 0.2) is 0 Å². The molecule has 0 radical (unpaired) electrons. The topological polar surface area (TPSA) is 54.5 Å². The summed E-state index contributed by atoms with van der Waals surface area (Å²) in [6, 6.07) is 0. The normalized spacial score (nSPS) is 19.2. The number of carbonyl (C=O) groups is 1. The molecule has 0 saturated carbocycles. The number of carbonyl (C=O) groups excluding carboxylic acids is 1. The summed E-state index contributed by atoms with van der Waals surface area (Å²) in [6.45, 7) is 3.63. The van der Waals surface area contributed by atoms with Crippen molar-refractivity contribution in [2.24, 2.45) is 5.92 Å². The van der Waals surface area contributed by atoms with E-state index in [1.807, 2.05) is 0 Å². The summed E-state index contributed by atoms with van der Waals surface area (Å²) in [5, 5.41) is 0. The van der Waals surface area contributed by atoms with Gasteiger partial charge in [-0.05, 0) is 18.8 Å². The molecular formula is C9H16ClNO3S. The summed E-state index contributed by atoms with van der Waals surface area (Å²) >= 11 is 0. The highest BCUT2D eigenvalue weighted by Gasteiger charge is 2.21. The van der Waals surface area contributed by atoms with Crippen LogP contribution in [0.1, 0.15) is 26.2 Å². The minimum Gasteiger partial charge on any atom is -0.343 e. The van der Waals surface area contributed by atoms with Crippen LogP contribution >= 0.6 is 10.7 Å². The summed E-state index contributed by atoms with van der Waals surface area (Å²) in [6.07, 6.45) is 2.00. The molecular weight excluding hydrogens is 238 g/mol. The van der Waals surface area contributed by atoms with Gasteiger partial charge in [0.25, 0.3) is 0 Å². The lowest BCUT2D eigenvalue weighted by Gasteiger charge is -2.30. The van der Waals surface area contributed by atoms with E-state index in [0.29, 0.717) is 5.92 Å². The molecule has 4 nitrogen and oxygen atoms in total. The molecule has 88 valence electrons. The average Bonchev–Trinajstić information content (AvgIpc) is 2.14. The summed E-state index contributed by atoms with van der Waals surface area (Å²) in [5.74, 6) is 0.288. The zero-order valence-corrected chi connectivity index (χ0v) is 10.4. The van der Waals surface area contributed by atoms with E-state index in [2.05, 4.69) is 6.92 Å². The van der Waals surface area contributed by atoms with Crippen molar-refractivity contribution in [1.82, 2.24) is 4.90 Å². The molecule has 1 amide bonds. The second kappa shape index (κ2) is 5.16. The van der Waals surface area contributed by atoms with Gasteiger partial charge in [-0.1, -0.05) is 6.92 Å². The van der Waals surface area contributed by atoms with Gasteiger partial charge in [0.2, 0.25) is 15.0 Å². The highest BCUT2D eigenvalue weighted by Crippen LogP contribution is 2.16. The Hall–Kier alpha value is -0.290. The van der Waals surface area contributed by atoms with Crippen LogP contribution in [0.5, 0.6) is 0 Å². The molecule has 0 unspecified atom stereocenters. The van der Waals surface area contributed by atoms with Crippen LogP contribution in [0.3, 0.4) is 0 Å². The number of rotatable bonds is 3. The van der Waals surface area contributed by atoms with Crippen molar-refractivity contribution < 1.29 is 13.2 Å². The lowest BCUT2D eigenvalue weighted by Crippen LogP contribution is -2.38. The number of halogens is 1. The molecule has 1 fully saturated rings. The van der Waals surface area contributed by atoms with E-state index in [1.165, 1.54) is 0 Å². The van der Waals surface area contributed by atoms with Gasteiger partial charge in [0.05, 0.1) is 5.75 Å². The lowest BCUT2D eigenvalue weighted by atomic mass is 9.99. The van der Waals surface area contributed by atoms with E-state index in [0.717, 1.165) is 25.9 Å². The highest BCUT2D eigenvalue weighted by atomic mass is 35.7. The summed E-state index contributed by atoms with van der Waals surface area (Å²) in [5.41, 5.74) is 0. The van der Waals surface area contributed by atoms with Crippen LogP contribution in [0.2, 0.25) is 0 Å². The van der Waals surface area contributed by atoms with E-state index in [1.54, 1.807) is 4.90 Å². The number of nitrogens with zero attached hydrogens (tertiary/aromatic N) is 1. The first-order valence-electron chi connectivity index (χ1n) is 5.08. The van der Waals surface area contributed by atoms with Crippen molar-refractivity contribution in [1.29, 1.82) is 0 Å². The van der Waals surface area contributed by atoms with Gasteiger partial charge in [-0.25, -0.2) is 8.42 Å². The number of amides is 1. The van der Waals surface area contributed by atoms with E-state index in [4.69, 9.17) is 10.7 Å². The Balaban J connectivity index is 2.35. The first-order valence-corrected chi connectivity index (χ1v) is 7.56. The zero-order valence-electron chi connectivity index (χ0n) is 8.78. The minimum absolute atomic E-state index is 0.000213. The molecule has 1 rings (SSSR count). The maximum absolute atomic E-state index is 11.6. The predicted molar refractivity (Wildman–Crippen MR) is 59.2 cm³/mol. The van der Waals surface area contributed by atoms with E-state index < -0.39 is 9.05 Å². The fourth-order valence-corrected chi connectivity index (χ4v) is 2.28. The second-order valence-corrected chi connectivity index (χ2v) is 6.95. The van der Waals surface area contributed by atoms with Crippen molar-refractivity contribution in [2.45, 2.75) is 26.2 Å². The molecule has 1 saturated heterocycles. The van der Waals surface area contributed by atoms with Gasteiger partial charge in [0.1, 0.15) is 0 Å². The van der Waals surface area contributed by atoms with Gasteiger partial charge in [-0.3, -0.25) is 4.79 Å². The Labute approximate surface area is 95.0 Å². The van der Waals surface area contributed by atoms with Gasteiger partial charge in [-0.2, -0.15) is 0 Å². The number of hydrogen-bond acceptors (Lipinski definition) is 3. The SMILES string of the molecule is CC1CCN(C(=O)CCS(=O)(=O)Cl)CC1.